The predicted molar refractivity (Wildman–Crippen MR) is 135 cm³/mol. The number of rotatable bonds is 7. The maximum Gasteiger partial charge on any atom is 0.417 e. The van der Waals surface area contributed by atoms with E-state index in [4.69, 9.17) is 23.2 Å². The van der Waals surface area contributed by atoms with Crippen molar-refractivity contribution in [3.63, 3.8) is 0 Å². The van der Waals surface area contributed by atoms with Crippen LogP contribution in [0.5, 0.6) is 0 Å². The minimum absolute atomic E-state index is 0.0249. The van der Waals surface area contributed by atoms with E-state index in [0.717, 1.165) is 24.3 Å². The third kappa shape index (κ3) is 6.72. The molecule has 0 aliphatic rings. The molecule has 0 amide bonds. The van der Waals surface area contributed by atoms with Gasteiger partial charge in [0.1, 0.15) is 5.82 Å². The first-order chi connectivity index (χ1) is 18.3. The third-order valence-corrected chi connectivity index (χ3v) is 6.68. The molecule has 2 nitrogen and oxygen atoms in total. The standard InChI is InChI=1S/C28H19Cl2F7N2/c29-21-7-9-25(38-16-21)26(14-17-4-2-1-3-5-17,19-11-20(27(32,33)34)13-22(31)12-19)39-15-18-6-8-24(30)23(10-18)28(35,36)37/h1-13,16,39H,14-15H2. The van der Waals surface area contributed by atoms with Gasteiger partial charge in [-0.25, -0.2) is 4.39 Å². The Kier molecular flexibility index (Phi) is 8.25. The number of hydrogen-bond donors (Lipinski definition) is 1. The van der Waals surface area contributed by atoms with Crippen LogP contribution in [0.1, 0.15) is 33.5 Å². The van der Waals surface area contributed by atoms with Crippen molar-refractivity contribution in [3.05, 3.63) is 134 Å². The Morgan fingerprint density at radius 1 is 0.718 bits per heavy atom. The van der Waals surface area contributed by atoms with Gasteiger partial charge in [0, 0.05) is 19.2 Å². The summed E-state index contributed by atoms with van der Waals surface area (Å²) in [5, 5.41) is 2.85. The van der Waals surface area contributed by atoms with Crippen molar-refractivity contribution in [2.24, 2.45) is 0 Å². The van der Waals surface area contributed by atoms with Gasteiger partial charge in [0.05, 0.1) is 32.4 Å². The number of alkyl halides is 6. The second kappa shape index (κ2) is 11.2. The van der Waals surface area contributed by atoms with Crippen molar-refractivity contribution < 1.29 is 30.7 Å². The molecule has 0 saturated carbocycles. The Balaban J connectivity index is 1.92. The van der Waals surface area contributed by atoms with E-state index >= 15 is 0 Å². The molecule has 0 saturated heterocycles. The molecule has 0 radical (unpaired) electrons. The van der Waals surface area contributed by atoms with Crippen LogP contribution in [0.25, 0.3) is 0 Å². The molecule has 4 rings (SSSR count). The molecular formula is C28H19Cl2F7N2. The highest BCUT2D eigenvalue weighted by Crippen LogP contribution is 2.39. The van der Waals surface area contributed by atoms with Crippen LogP contribution < -0.4 is 5.32 Å². The summed E-state index contributed by atoms with van der Waals surface area (Å²) in [6.45, 7) is -0.255. The first kappa shape index (κ1) is 28.9. The summed E-state index contributed by atoms with van der Waals surface area (Å²) in [6.07, 6.45) is -8.33. The zero-order chi connectivity index (χ0) is 28.4. The quantitative estimate of drug-likeness (QED) is 0.219. The molecule has 0 fully saturated rings. The lowest BCUT2D eigenvalue weighted by Crippen LogP contribution is -2.46. The molecule has 1 aromatic heterocycles. The van der Waals surface area contributed by atoms with Gasteiger partial charge in [-0.15, -0.1) is 0 Å². The zero-order valence-corrected chi connectivity index (χ0v) is 21.4. The smallest absolute Gasteiger partial charge is 0.298 e. The van der Waals surface area contributed by atoms with Crippen LogP contribution in [-0.4, -0.2) is 4.98 Å². The minimum Gasteiger partial charge on any atom is -0.298 e. The van der Waals surface area contributed by atoms with E-state index in [9.17, 15) is 30.7 Å². The van der Waals surface area contributed by atoms with Crippen LogP contribution in [-0.2, 0) is 30.9 Å². The Hall–Kier alpha value is -3.14. The van der Waals surface area contributed by atoms with E-state index in [1.807, 2.05) is 0 Å². The molecule has 39 heavy (non-hydrogen) atoms. The van der Waals surface area contributed by atoms with Crippen LogP contribution in [0.2, 0.25) is 10.0 Å². The summed E-state index contributed by atoms with van der Waals surface area (Å²) in [7, 11) is 0. The monoisotopic (exact) mass is 586 g/mol. The van der Waals surface area contributed by atoms with E-state index in [2.05, 4.69) is 10.3 Å². The Morgan fingerprint density at radius 2 is 1.41 bits per heavy atom. The summed E-state index contributed by atoms with van der Waals surface area (Å²) in [5.74, 6) is -1.14. The highest BCUT2D eigenvalue weighted by atomic mass is 35.5. The van der Waals surface area contributed by atoms with Crippen molar-refractivity contribution in [1.82, 2.24) is 10.3 Å². The number of aromatic nitrogens is 1. The number of hydrogen-bond acceptors (Lipinski definition) is 2. The first-order valence-electron chi connectivity index (χ1n) is 11.4. The zero-order valence-electron chi connectivity index (χ0n) is 19.8. The highest BCUT2D eigenvalue weighted by Gasteiger charge is 2.40. The molecule has 1 N–H and O–H groups in total. The van der Waals surface area contributed by atoms with Gasteiger partial charge in [0.15, 0.2) is 0 Å². The molecule has 11 heteroatoms. The number of halogens is 9. The summed E-state index contributed by atoms with van der Waals surface area (Å²) >= 11 is 11.8. The summed E-state index contributed by atoms with van der Waals surface area (Å²) in [6, 6.07) is 17.0. The Bertz CT molecular complexity index is 1440. The molecule has 0 aliphatic carbocycles. The summed E-state index contributed by atoms with van der Waals surface area (Å²) in [5.41, 5.74) is -3.06. The lowest BCUT2D eigenvalue weighted by atomic mass is 9.79. The van der Waals surface area contributed by atoms with Crippen LogP contribution in [0.4, 0.5) is 30.7 Å². The van der Waals surface area contributed by atoms with Gasteiger partial charge in [0.25, 0.3) is 0 Å². The molecule has 204 valence electrons. The van der Waals surface area contributed by atoms with Crippen LogP contribution in [0.15, 0.2) is 85.1 Å². The highest BCUT2D eigenvalue weighted by molar-refractivity contribution is 6.31. The SMILES string of the molecule is Fc1cc(C(F)(F)F)cc(C(Cc2ccccc2)(NCc2ccc(Cl)c(C(F)(F)F)c2)c2ccc(Cl)cn2)c1. The van der Waals surface area contributed by atoms with E-state index in [1.54, 1.807) is 30.3 Å². The lowest BCUT2D eigenvalue weighted by molar-refractivity contribution is -0.138. The normalized spacial score (nSPS) is 13.8. The molecule has 1 unspecified atom stereocenters. The first-order valence-corrected chi connectivity index (χ1v) is 12.2. The number of nitrogens with one attached hydrogen (secondary N) is 1. The van der Waals surface area contributed by atoms with E-state index < -0.39 is 39.9 Å². The van der Waals surface area contributed by atoms with Crippen molar-refractivity contribution in [2.75, 3.05) is 0 Å². The fourth-order valence-electron chi connectivity index (χ4n) is 4.28. The average molecular weight is 587 g/mol. The van der Waals surface area contributed by atoms with E-state index in [-0.39, 0.29) is 34.8 Å². The van der Waals surface area contributed by atoms with Crippen molar-refractivity contribution >= 4 is 23.2 Å². The van der Waals surface area contributed by atoms with Gasteiger partial charge in [-0.2, -0.15) is 26.3 Å². The van der Waals surface area contributed by atoms with Gasteiger partial charge >= 0.3 is 12.4 Å². The maximum atomic E-state index is 14.7. The fraction of sp³-hybridized carbons (Fsp3) is 0.179. The minimum atomic E-state index is -4.86. The average Bonchev–Trinajstić information content (AvgIpc) is 2.87. The predicted octanol–water partition coefficient (Wildman–Crippen LogP) is 8.84. The molecule has 3 aromatic carbocycles. The third-order valence-electron chi connectivity index (χ3n) is 6.13. The van der Waals surface area contributed by atoms with E-state index in [0.29, 0.717) is 11.6 Å². The van der Waals surface area contributed by atoms with Crippen LogP contribution in [0.3, 0.4) is 0 Å². The van der Waals surface area contributed by atoms with Crippen LogP contribution >= 0.6 is 23.2 Å². The lowest BCUT2D eigenvalue weighted by Gasteiger charge is -2.36. The molecule has 0 bridgehead atoms. The van der Waals surface area contributed by atoms with E-state index in [1.165, 1.54) is 24.4 Å². The number of nitrogens with zero attached hydrogens (tertiary/aromatic N) is 1. The van der Waals surface area contributed by atoms with Crippen LogP contribution in [0, 0.1) is 5.82 Å². The molecular weight excluding hydrogens is 568 g/mol. The second-order valence-electron chi connectivity index (χ2n) is 8.82. The second-order valence-corrected chi connectivity index (χ2v) is 9.66. The van der Waals surface area contributed by atoms with Crippen molar-refractivity contribution in [1.29, 1.82) is 0 Å². The number of pyridine rings is 1. The van der Waals surface area contributed by atoms with Gasteiger partial charge in [0.2, 0.25) is 0 Å². The van der Waals surface area contributed by atoms with Gasteiger partial charge < -0.3 is 0 Å². The molecule has 4 aromatic rings. The topological polar surface area (TPSA) is 24.9 Å². The Morgan fingerprint density at radius 3 is 2.03 bits per heavy atom. The molecule has 1 heterocycles. The molecule has 0 aliphatic heterocycles. The van der Waals surface area contributed by atoms with Crippen molar-refractivity contribution in [2.45, 2.75) is 30.9 Å². The Labute approximate surface area is 229 Å². The fourth-order valence-corrected chi connectivity index (χ4v) is 4.61. The van der Waals surface area contributed by atoms with Crippen molar-refractivity contribution in [3.8, 4) is 0 Å². The van der Waals surface area contributed by atoms with Gasteiger partial charge in [-0.3, -0.25) is 10.3 Å². The molecule has 1 atom stereocenters. The summed E-state index contributed by atoms with van der Waals surface area (Å²) in [4.78, 5) is 4.33. The van der Waals surface area contributed by atoms with Gasteiger partial charge in [-0.1, -0.05) is 59.6 Å². The summed E-state index contributed by atoms with van der Waals surface area (Å²) < 4.78 is 96.3. The van der Waals surface area contributed by atoms with Gasteiger partial charge in [-0.05, 0) is 59.2 Å². The maximum absolute atomic E-state index is 14.7. The number of benzene rings is 3. The largest absolute Gasteiger partial charge is 0.417 e. The molecule has 0 spiro atoms.